The van der Waals surface area contributed by atoms with Crippen molar-refractivity contribution in [3.63, 3.8) is 0 Å². The number of hydrogen-bond acceptors (Lipinski definition) is 16. The van der Waals surface area contributed by atoms with Crippen LogP contribution in [0.4, 0.5) is 0 Å². The molecule has 362 valence electrons. The van der Waals surface area contributed by atoms with E-state index < -0.39 is 74.9 Å². The summed E-state index contributed by atoms with van der Waals surface area (Å²) in [7, 11) is 0. The highest BCUT2D eigenvalue weighted by atomic mass is 16.3. The van der Waals surface area contributed by atoms with Gasteiger partial charge in [0.1, 0.15) is 11.5 Å². The number of phenolic OH excluding ortho intramolecular Hbond substituents is 14. The van der Waals surface area contributed by atoms with E-state index in [4.69, 9.17) is 0 Å². The van der Waals surface area contributed by atoms with E-state index in [-0.39, 0.29) is 82.0 Å². The molecule has 0 amide bonds. The maximum atomic E-state index is 11.6. The van der Waals surface area contributed by atoms with Gasteiger partial charge in [-0.2, -0.15) is 0 Å². The van der Waals surface area contributed by atoms with Gasteiger partial charge in [-0.25, -0.2) is 0 Å². The molecule has 2 atom stereocenters. The summed E-state index contributed by atoms with van der Waals surface area (Å²) in [6.45, 7) is -0.414. The molecule has 0 aromatic heterocycles. The zero-order valence-electron chi connectivity index (χ0n) is 37.1. The number of phenols is 14. The third-order valence-corrected chi connectivity index (χ3v) is 12.6. The quantitative estimate of drug-likeness (QED) is 0.0343. The average molecular weight is 939 g/mol. The van der Waals surface area contributed by atoms with Gasteiger partial charge in [0.15, 0.2) is 69.0 Å². The van der Waals surface area contributed by atoms with Gasteiger partial charge in [0, 0.05) is 13.2 Å². The maximum Gasteiger partial charge on any atom is 0.200 e. The first-order valence-corrected chi connectivity index (χ1v) is 22.2. The summed E-state index contributed by atoms with van der Waals surface area (Å²) < 4.78 is 0. The van der Waals surface area contributed by atoms with Gasteiger partial charge in [-0.1, -0.05) is 12.1 Å². The summed E-state index contributed by atoms with van der Waals surface area (Å²) >= 11 is 0. The second-order valence-corrected chi connectivity index (χ2v) is 17.4. The molecule has 6 rings (SSSR count). The van der Waals surface area contributed by atoms with Gasteiger partial charge in [-0.3, -0.25) is 0 Å². The Balaban J connectivity index is 1.31. The first-order valence-electron chi connectivity index (χ1n) is 22.2. The van der Waals surface area contributed by atoms with Crippen LogP contribution >= 0.6 is 0 Å². The van der Waals surface area contributed by atoms with Crippen molar-refractivity contribution >= 4 is 0 Å². The Labute approximate surface area is 391 Å². The van der Waals surface area contributed by atoms with E-state index >= 15 is 0 Å². The normalized spacial score (nSPS) is 12.3. The van der Waals surface area contributed by atoms with Crippen molar-refractivity contribution < 1.29 is 81.7 Å². The van der Waals surface area contributed by atoms with Crippen LogP contribution in [0, 0.1) is 11.8 Å². The molecular weight excluding hydrogens is 881 g/mol. The Morgan fingerprint density at radius 2 is 0.574 bits per heavy atom. The van der Waals surface area contributed by atoms with Crippen LogP contribution in [0.2, 0.25) is 0 Å². The monoisotopic (exact) mass is 938 g/mol. The summed E-state index contributed by atoms with van der Waals surface area (Å²) in [4.78, 5) is 0. The number of benzene rings is 6. The summed E-state index contributed by atoms with van der Waals surface area (Å²) in [6, 6.07) is 17.5. The number of aromatic hydroxyl groups is 14. The summed E-state index contributed by atoms with van der Waals surface area (Å²) in [5.74, 6) is -7.52. The Kier molecular flexibility index (Phi) is 16.0. The lowest BCUT2D eigenvalue weighted by molar-refractivity contribution is 0.158. The molecule has 6 aromatic carbocycles. The minimum Gasteiger partial charge on any atom is -0.508 e. The van der Waals surface area contributed by atoms with E-state index in [0.717, 1.165) is 0 Å². The molecule has 68 heavy (non-hydrogen) atoms. The lowest BCUT2D eigenvalue weighted by atomic mass is 9.79. The van der Waals surface area contributed by atoms with Gasteiger partial charge in [-0.15, -0.1) is 0 Å². The predicted octanol–water partition coefficient (Wildman–Crippen LogP) is 6.49. The molecule has 0 bridgehead atoms. The minimum absolute atomic E-state index is 0.0549. The molecule has 6 aromatic rings. The van der Waals surface area contributed by atoms with E-state index in [2.05, 4.69) is 0 Å². The van der Waals surface area contributed by atoms with Crippen molar-refractivity contribution in [2.45, 2.75) is 77.0 Å². The predicted molar refractivity (Wildman–Crippen MR) is 249 cm³/mol. The highest BCUT2D eigenvalue weighted by Crippen LogP contribution is 2.41. The molecule has 0 saturated carbocycles. The SMILES string of the molecule is OCCC[C@H](Cc1cc(O)c(CCc2cc(O)c(O)c(O)c2)c(CCc2cc(O)c(O)c(O)c2)c1)[C@H](CO)Cc1cc(O)c(CCc2cc(O)c(O)c(O)c2)c(CCc2cc(O)c(O)c(O)c2)c1. The van der Waals surface area contributed by atoms with Crippen LogP contribution in [0.3, 0.4) is 0 Å². The van der Waals surface area contributed by atoms with Crippen LogP contribution in [0.1, 0.15) is 68.5 Å². The Morgan fingerprint density at radius 3 is 0.868 bits per heavy atom. The van der Waals surface area contributed by atoms with E-state index in [1.807, 2.05) is 12.1 Å². The fourth-order valence-corrected chi connectivity index (χ4v) is 8.98. The number of hydrogen-bond donors (Lipinski definition) is 16. The van der Waals surface area contributed by atoms with Crippen LogP contribution in [-0.4, -0.2) is 94.9 Å². The topological polar surface area (TPSA) is 324 Å². The molecule has 0 aliphatic carbocycles. The molecule has 0 unspecified atom stereocenters. The van der Waals surface area contributed by atoms with Crippen molar-refractivity contribution in [2.24, 2.45) is 11.8 Å². The van der Waals surface area contributed by atoms with Gasteiger partial charge in [0.05, 0.1) is 0 Å². The van der Waals surface area contributed by atoms with Crippen molar-refractivity contribution in [2.75, 3.05) is 13.2 Å². The van der Waals surface area contributed by atoms with Crippen molar-refractivity contribution in [3.8, 4) is 80.5 Å². The van der Waals surface area contributed by atoms with Crippen LogP contribution < -0.4 is 0 Å². The standard InChI is InChI=1S/C52H58O16/c53-11-1-2-33(12-31-13-34(7-3-27-16-41(57)49(65)42(58)17-27)37(39(55)24-31)9-5-29-20-45(61)51(67)46(62)21-29)36(26-54)15-32-14-35(8-4-28-18-43(59)50(66)44(60)19-28)38(40(56)25-32)10-6-30-22-47(63)52(68)48(64)23-30/h13-14,16-25,33,36,53-68H,1-12,15,26H2/t33-,36+/m1/s1. The number of aliphatic hydroxyl groups is 2. The molecule has 16 nitrogen and oxygen atoms in total. The first kappa shape index (κ1) is 49.9. The summed E-state index contributed by atoms with van der Waals surface area (Å²) in [5.41, 5.74) is 5.76. The zero-order valence-corrected chi connectivity index (χ0v) is 37.1. The highest BCUT2D eigenvalue weighted by Gasteiger charge is 2.25. The largest absolute Gasteiger partial charge is 0.508 e. The zero-order chi connectivity index (χ0) is 49.4. The van der Waals surface area contributed by atoms with Crippen LogP contribution in [0.15, 0.2) is 72.8 Å². The molecule has 0 aliphatic heterocycles. The van der Waals surface area contributed by atoms with Crippen molar-refractivity contribution in [3.05, 3.63) is 128 Å². The fourth-order valence-electron chi connectivity index (χ4n) is 8.98. The molecule has 0 radical (unpaired) electrons. The second kappa shape index (κ2) is 21.8. The number of aryl methyl sites for hydroxylation is 6. The lowest BCUT2D eigenvalue weighted by Crippen LogP contribution is -2.24. The average Bonchev–Trinajstić information content (AvgIpc) is 3.29. The van der Waals surface area contributed by atoms with Gasteiger partial charge in [0.25, 0.3) is 0 Å². The lowest BCUT2D eigenvalue weighted by Gasteiger charge is -2.27. The summed E-state index contributed by atoms with van der Waals surface area (Å²) in [6.07, 6.45) is 3.53. The van der Waals surface area contributed by atoms with Crippen LogP contribution in [0.5, 0.6) is 80.5 Å². The van der Waals surface area contributed by atoms with Crippen LogP contribution in [0.25, 0.3) is 0 Å². The Hall–Kier alpha value is -7.56. The van der Waals surface area contributed by atoms with Gasteiger partial charge >= 0.3 is 0 Å². The van der Waals surface area contributed by atoms with Gasteiger partial charge in [-0.05, 0) is 205 Å². The minimum atomic E-state index is -0.659. The van der Waals surface area contributed by atoms with E-state index in [1.165, 1.54) is 48.5 Å². The molecule has 0 spiro atoms. The van der Waals surface area contributed by atoms with E-state index in [9.17, 15) is 81.7 Å². The van der Waals surface area contributed by atoms with E-state index in [0.29, 0.717) is 81.3 Å². The first-order chi connectivity index (χ1) is 32.3. The Bertz CT molecular complexity index is 2660. The van der Waals surface area contributed by atoms with Gasteiger partial charge < -0.3 is 81.7 Å². The fraction of sp³-hybridized carbons (Fsp3) is 0.308. The molecule has 16 N–H and O–H groups in total. The number of aliphatic hydroxyl groups excluding tert-OH is 2. The second-order valence-electron chi connectivity index (χ2n) is 17.4. The molecule has 0 fully saturated rings. The number of rotatable bonds is 21. The summed E-state index contributed by atoms with van der Waals surface area (Å²) in [5, 5.41) is 165. The van der Waals surface area contributed by atoms with Gasteiger partial charge in [0.2, 0.25) is 0 Å². The third-order valence-electron chi connectivity index (χ3n) is 12.6. The van der Waals surface area contributed by atoms with Crippen molar-refractivity contribution in [1.82, 2.24) is 0 Å². The third kappa shape index (κ3) is 12.1. The molecule has 16 heteroatoms. The molecule has 0 heterocycles. The smallest absolute Gasteiger partial charge is 0.200 e. The molecule has 0 aliphatic rings. The Morgan fingerprint density at radius 1 is 0.294 bits per heavy atom. The maximum absolute atomic E-state index is 11.6. The van der Waals surface area contributed by atoms with Crippen molar-refractivity contribution in [1.29, 1.82) is 0 Å². The molecule has 0 saturated heterocycles. The van der Waals surface area contributed by atoms with E-state index in [1.54, 1.807) is 12.1 Å². The molecular formula is C52H58O16. The van der Waals surface area contributed by atoms with Crippen LogP contribution in [-0.2, 0) is 64.2 Å². The highest BCUT2D eigenvalue weighted by molar-refractivity contribution is 5.55.